The Morgan fingerprint density at radius 3 is 2.78 bits per heavy atom. The maximum Gasteiger partial charge on any atom is 0.319 e. The minimum absolute atomic E-state index is 0.0879. The van der Waals surface area contributed by atoms with Gasteiger partial charge in [-0.25, -0.2) is 23.0 Å². The number of fused-ring (bicyclic) bond motifs is 2. The Morgan fingerprint density at radius 2 is 2.00 bits per heavy atom. The maximum absolute atomic E-state index is 16.7. The van der Waals surface area contributed by atoms with Crippen LogP contribution in [0.4, 0.5) is 23.4 Å². The molecule has 0 saturated carbocycles. The summed E-state index contributed by atoms with van der Waals surface area (Å²) >= 11 is 0. The summed E-state index contributed by atoms with van der Waals surface area (Å²) in [6.07, 6.45) is 7.65. The third kappa shape index (κ3) is 5.82. The average Bonchev–Trinajstić information content (AvgIpc) is 3.29. The van der Waals surface area contributed by atoms with Crippen molar-refractivity contribution in [2.45, 2.75) is 39.0 Å². The maximum atomic E-state index is 16.7. The van der Waals surface area contributed by atoms with Gasteiger partial charge < -0.3 is 14.7 Å². The summed E-state index contributed by atoms with van der Waals surface area (Å²) in [4.78, 5) is 15.4. The standard InChI is InChI=1S/C33H34F4N6O2/c1-4-21-25(34)9-8-19-14-20(44)15-22(26(19)21)28-27(35)29-23(16-38-28)31(43-12-7-5-6-11-39-43)41-32(40-29)45-18-33(2)17-42(3)13-10-24(33)30(36)37/h1,8-9,14-16,24,30,39,44H,5-7,10-13,17-18H2,2-3H3. The van der Waals surface area contributed by atoms with Gasteiger partial charge in [-0.2, -0.15) is 9.97 Å². The summed E-state index contributed by atoms with van der Waals surface area (Å²) in [6.45, 7) is 3.84. The Balaban J connectivity index is 1.50. The first-order valence-corrected chi connectivity index (χ1v) is 15.0. The van der Waals surface area contributed by atoms with E-state index in [1.165, 1.54) is 30.5 Å². The molecule has 0 spiro atoms. The van der Waals surface area contributed by atoms with Gasteiger partial charge in [-0.3, -0.25) is 9.99 Å². The van der Waals surface area contributed by atoms with E-state index in [1.807, 2.05) is 11.9 Å². The normalized spacial score (nSPS) is 21.3. The van der Waals surface area contributed by atoms with Crippen LogP contribution in [0.1, 0.15) is 38.2 Å². The first-order valence-electron chi connectivity index (χ1n) is 15.0. The lowest BCUT2D eigenvalue weighted by Crippen LogP contribution is -2.51. The molecular weight excluding hydrogens is 588 g/mol. The molecule has 2 fully saturated rings. The third-order valence-corrected chi connectivity index (χ3v) is 8.89. The fraction of sp³-hybridized carbons (Fsp3) is 0.424. The Morgan fingerprint density at radius 1 is 1.18 bits per heavy atom. The lowest BCUT2D eigenvalue weighted by molar-refractivity contribution is -0.0679. The molecule has 12 heteroatoms. The number of anilines is 1. The van der Waals surface area contributed by atoms with Crippen LogP contribution in [0, 0.1) is 35.3 Å². The predicted molar refractivity (Wildman–Crippen MR) is 164 cm³/mol. The third-order valence-electron chi connectivity index (χ3n) is 8.89. The number of hydrogen-bond acceptors (Lipinski definition) is 8. The number of aromatic hydroxyl groups is 1. The number of aromatic nitrogens is 3. The SMILES string of the molecule is C#Cc1c(F)ccc2cc(O)cc(-c3ncc4c(N5CCCCCN5)nc(OCC5(C)CN(C)CCC5C(F)F)nc4c3F)c12. The predicted octanol–water partition coefficient (Wildman–Crippen LogP) is 5.91. The van der Waals surface area contributed by atoms with E-state index in [2.05, 4.69) is 26.3 Å². The van der Waals surface area contributed by atoms with Gasteiger partial charge in [0.15, 0.2) is 11.6 Å². The monoisotopic (exact) mass is 622 g/mol. The minimum atomic E-state index is -2.53. The van der Waals surface area contributed by atoms with Crippen molar-refractivity contribution in [3.8, 4) is 35.4 Å². The van der Waals surface area contributed by atoms with Gasteiger partial charge in [-0.1, -0.05) is 25.3 Å². The molecule has 2 unspecified atom stereocenters. The van der Waals surface area contributed by atoms with Crippen LogP contribution < -0.4 is 15.2 Å². The van der Waals surface area contributed by atoms with E-state index in [0.29, 0.717) is 49.2 Å². The van der Waals surface area contributed by atoms with Crippen LogP contribution in [0.15, 0.2) is 30.5 Å². The van der Waals surface area contributed by atoms with Crippen LogP contribution in [0.25, 0.3) is 32.9 Å². The molecule has 45 heavy (non-hydrogen) atoms. The Bertz CT molecular complexity index is 1790. The van der Waals surface area contributed by atoms with Gasteiger partial charge >= 0.3 is 6.01 Å². The number of hydrogen-bond donors (Lipinski definition) is 2. The fourth-order valence-corrected chi connectivity index (χ4v) is 6.61. The van der Waals surface area contributed by atoms with E-state index < -0.39 is 29.4 Å². The number of rotatable bonds is 6. The van der Waals surface area contributed by atoms with E-state index in [1.54, 1.807) is 11.9 Å². The zero-order chi connectivity index (χ0) is 31.9. The number of nitrogens with zero attached hydrogens (tertiary/aromatic N) is 5. The second-order valence-corrected chi connectivity index (χ2v) is 12.2. The van der Waals surface area contributed by atoms with E-state index in [9.17, 15) is 18.3 Å². The topological polar surface area (TPSA) is 86.6 Å². The largest absolute Gasteiger partial charge is 0.508 e. The van der Waals surface area contributed by atoms with Gasteiger partial charge in [0.25, 0.3) is 0 Å². The number of terminal acetylenes is 1. The van der Waals surface area contributed by atoms with Crippen molar-refractivity contribution in [1.82, 2.24) is 25.3 Å². The van der Waals surface area contributed by atoms with Crippen molar-refractivity contribution in [1.29, 1.82) is 0 Å². The van der Waals surface area contributed by atoms with Crippen molar-refractivity contribution in [2.24, 2.45) is 11.3 Å². The number of benzene rings is 2. The highest BCUT2D eigenvalue weighted by Crippen LogP contribution is 2.41. The first-order chi connectivity index (χ1) is 21.6. The highest BCUT2D eigenvalue weighted by Gasteiger charge is 2.44. The Kier molecular flexibility index (Phi) is 8.41. The van der Waals surface area contributed by atoms with Gasteiger partial charge in [-0.15, -0.1) is 6.42 Å². The zero-order valence-electron chi connectivity index (χ0n) is 25.1. The minimum Gasteiger partial charge on any atom is -0.508 e. The number of piperidine rings is 1. The van der Waals surface area contributed by atoms with E-state index in [0.717, 1.165) is 19.3 Å². The summed E-state index contributed by atoms with van der Waals surface area (Å²) in [7, 11) is 1.88. The molecular formula is C33H34F4N6O2. The van der Waals surface area contributed by atoms with Crippen molar-refractivity contribution >= 4 is 27.5 Å². The molecule has 2 aliphatic rings. The van der Waals surface area contributed by atoms with Crippen molar-refractivity contribution < 1.29 is 27.4 Å². The number of alkyl halides is 2. The van der Waals surface area contributed by atoms with Crippen LogP contribution in [0.5, 0.6) is 11.8 Å². The van der Waals surface area contributed by atoms with Gasteiger partial charge in [0.1, 0.15) is 22.8 Å². The number of likely N-dealkylation sites (tertiary alicyclic amines) is 1. The number of phenols is 1. The average molecular weight is 623 g/mol. The quantitative estimate of drug-likeness (QED) is 0.203. The number of phenolic OH excluding ortho intramolecular Hbond substituents is 1. The molecule has 0 aliphatic carbocycles. The molecule has 0 radical (unpaired) electrons. The van der Waals surface area contributed by atoms with Crippen molar-refractivity contribution in [3.63, 3.8) is 0 Å². The van der Waals surface area contributed by atoms with Gasteiger partial charge in [0.2, 0.25) is 6.43 Å². The van der Waals surface area contributed by atoms with Crippen LogP contribution in [-0.4, -0.2) is 71.2 Å². The molecule has 236 valence electrons. The summed E-state index contributed by atoms with van der Waals surface area (Å²) in [5.41, 5.74) is 2.07. The molecule has 2 aromatic carbocycles. The lowest BCUT2D eigenvalue weighted by atomic mass is 9.73. The van der Waals surface area contributed by atoms with Crippen LogP contribution in [-0.2, 0) is 0 Å². The first kappa shape index (κ1) is 30.8. The Hall–Kier alpha value is -4.21. The van der Waals surface area contributed by atoms with Gasteiger partial charge in [0.05, 0.1) is 17.6 Å². The highest BCUT2D eigenvalue weighted by molar-refractivity contribution is 6.03. The molecule has 0 bridgehead atoms. The molecule has 2 atom stereocenters. The van der Waals surface area contributed by atoms with E-state index in [-0.39, 0.29) is 46.1 Å². The lowest BCUT2D eigenvalue weighted by Gasteiger charge is -2.44. The van der Waals surface area contributed by atoms with E-state index in [4.69, 9.17) is 11.2 Å². The molecule has 2 saturated heterocycles. The molecule has 4 aromatic rings. The summed E-state index contributed by atoms with van der Waals surface area (Å²) in [5.74, 6) is 0.0630. The number of pyridine rings is 1. The molecule has 8 nitrogen and oxygen atoms in total. The smallest absolute Gasteiger partial charge is 0.319 e. The number of ether oxygens (including phenoxy) is 1. The number of halogens is 4. The summed E-state index contributed by atoms with van der Waals surface area (Å²) < 4.78 is 65.6. The summed E-state index contributed by atoms with van der Waals surface area (Å²) in [5, 5.41) is 13.2. The van der Waals surface area contributed by atoms with Crippen LogP contribution in [0.2, 0.25) is 0 Å². The van der Waals surface area contributed by atoms with Crippen molar-refractivity contribution in [2.75, 3.05) is 44.8 Å². The number of nitrogens with one attached hydrogen (secondary N) is 1. The van der Waals surface area contributed by atoms with Gasteiger partial charge in [-0.05, 0) is 56.4 Å². The van der Waals surface area contributed by atoms with E-state index >= 15 is 4.39 Å². The zero-order valence-corrected chi connectivity index (χ0v) is 25.1. The highest BCUT2D eigenvalue weighted by atomic mass is 19.3. The Labute approximate surface area is 258 Å². The molecule has 2 aliphatic heterocycles. The molecule has 2 aromatic heterocycles. The molecule has 0 amide bonds. The van der Waals surface area contributed by atoms with Crippen LogP contribution in [0.3, 0.4) is 0 Å². The number of hydrazine groups is 1. The van der Waals surface area contributed by atoms with Gasteiger partial charge in [0, 0.05) is 48.1 Å². The van der Waals surface area contributed by atoms with Crippen LogP contribution >= 0.6 is 0 Å². The fourth-order valence-electron chi connectivity index (χ4n) is 6.61. The molecule has 2 N–H and O–H groups in total. The summed E-state index contributed by atoms with van der Waals surface area (Å²) in [6, 6.07) is 5.15. The molecule has 4 heterocycles. The molecule has 6 rings (SSSR count). The van der Waals surface area contributed by atoms with Crippen molar-refractivity contribution in [3.05, 3.63) is 47.7 Å². The second kappa shape index (κ2) is 12.3. The second-order valence-electron chi connectivity index (χ2n) is 12.2.